The molecular weight excluding hydrogens is 274 g/mol. The van der Waals surface area contributed by atoms with E-state index >= 15 is 0 Å². The Morgan fingerprint density at radius 2 is 2.05 bits per heavy atom. The van der Waals surface area contributed by atoms with Crippen molar-refractivity contribution in [3.63, 3.8) is 0 Å². The fourth-order valence-electron chi connectivity index (χ4n) is 3.97. The molecule has 1 aliphatic heterocycles. The maximum Gasteiger partial charge on any atom is 0.414 e. The standard InChI is InChI=1S/C19H27NO2/c1-13(2)16-9-8-14(3)12-18(16)22-19(21)20-11-10-15-6-4-5-7-17(15)20/h4-7,13-14,16,18H,8-12H2,1-3H3. The molecule has 1 fully saturated rings. The van der Waals surface area contributed by atoms with Crippen molar-refractivity contribution in [1.82, 2.24) is 0 Å². The van der Waals surface area contributed by atoms with Crippen LogP contribution in [0.25, 0.3) is 0 Å². The first-order valence-electron chi connectivity index (χ1n) is 8.62. The van der Waals surface area contributed by atoms with Crippen LogP contribution in [-0.4, -0.2) is 18.7 Å². The van der Waals surface area contributed by atoms with Crippen molar-refractivity contribution >= 4 is 11.8 Å². The van der Waals surface area contributed by atoms with Crippen molar-refractivity contribution in [2.45, 2.75) is 52.6 Å². The van der Waals surface area contributed by atoms with E-state index in [1.165, 1.54) is 18.4 Å². The molecular formula is C19H27NO2. The largest absolute Gasteiger partial charge is 0.446 e. The molecule has 3 atom stereocenters. The number of ether oxygens (including phenoxy) is 1. The van der Waals surface area contributed by atoms with E-state index in [2.05, 4.69) is 26.8 Å². The highest BCUT2D eigenvalue weighted by Crippen LogP contribution is 2.36. The Kier molecular flexibility index (Phi) is 4.42. The number of nitrogens with zero attached hydrogens (tertiary/aromatic N) is 1. The third-order valence-electron chi connectivity index (χ3n) is 5.32. The van der Waals surface area contributed by atoms with Crippen LogP contribution in [0.1, 0.15) is 45.6 Å². The van der Waals surface area contributed by atoms with Crippen molar-refractivity contribution in [1.29, 1.82) is 0 Å². The highest BCUT2D eigenvalue weighted by atomic mass is 16.6. The summed E-state index contributed by atoms with van der Waals surface area (Å²) in [5, 5.41) is 0. The first-order chi connectivity index (χ1) is 10.6. The Morgan fingerprint density at radius 1 is 1.27 bits per heavy atom. The van der Waals surface area contributed by atoms with Gasteiger partial charge in [0.1, 0.15) is 6.10 Å². The fourth-order valence-corrected chi connectivity index (χ4v) is 3.97. The van der Waals surface area contributed by atoms with E-state index in [1.54, 1.807) is 0 Å². The molecule has 3 unspecified atom stereocenters. The number of hydrogen-bond donors (Lipinski definition) is 0. The molecule has 3 heteroatoms. The lowest BCUT2D eigenvalue weighted by Gasteiger charge is -2.37. The van der Waals surface area contributed by atoms with Gasteiger partial charge in [-0.05, 0) is 48.6 Å². The van der Waals surface area contributed by atoms with Crippen LogP contribution in [0.5, 0.6) is 0 Å². The van der Waals surface area contributed by atoms with Crippen molar-refractivity contribution in [2.75, 3.05) is 11.4 Å². The minimum atomic E-state index is -0.158. The van der Waals surface area contributed by atoms with Gasteiger partial charge in [0.15, 0.2) is 0 Å². The molecule has 0 aromatic heterocycles. The van der Waals surface area contributed by atoms with E-state index in [0.29, 0.717) is 17.8 Å². The number of carbonyl (C=O) groups excluding carboxylic acids is 1. The molecule has 3 rings (SSSR count). The highest BCUT2D eigenvalue weighted by molar-refractivity contribution is 5.90. The van der Waals surface area contributed by atoms with Gasteiger partial charge in [-0.15, -0.1) is 0 Å². The number of carbonyl (C=O) groups is 1. The predicted octanol–water partition coefficient (Wildman–Crippen LogP) is 4.65. The zero-order chi connectivity index (χ0) is 15.7. The first kappa shape index (κ1) is 15.4. The Balaban J connectivity index is 1.71. The van der Waals surface area contributed by atoms with Crippen molar-refractivity contribution in [2.24, 2.45) is 17.8 Å². The monoisotopic (exact) mass is 301 g/mol. The maximum atomic E-state index is 12.7. The summed E-state index contributed by atoms with van der Waals surface area (Å²) in [7, 11) is 0. The number of para-hydroxylation sites is 1. The molecule has 0 spiro atoms. The predicted molar refractivity (Wildman–Crippen MR) is 89.1 cm³/mol. The molecule has 0 N–H and O–H groups in total. The van der Waals surface area contributed by atoms with E-state index < -0.39 is 0 Å². The van der Waals surface area contributed by atoms with Crippen LogP contribution < -0.4 is 4.90 Å². The molecule has 1 aromatic carbocycles. The molecule has 0 radical (unpaired) electrons. The summed E-state index contributed by atoms with van der Waals surface area (Å²) >= 11 is 0. The molecule has 1 saturated carbocycles. The molecule has 2 aliphatic rings. The molecule has 1 aromatic rings. The summed E-state index contributed by atoms with van der Waals surface area (Å²) in [4.78, 5) is 14.5. The van der Waals surface area contributed by atoms with E-state index in [-0.39, 0.29) is 12.2 Å². The number of rotatable bonds is 2. The summed E-state index contributed by atoms with van der Waals surface area (Å²) in [5.41, 5.74) is 2.27. The SMILES string of the molecule is CC1CCC(C(C)C)C(OC(=O)N2CCc3ccccc32)C1. The van der Waals surface area contributed by atoms with Crippen LogP contribution in [0.15, 0.2) is 24.3 Å². The Morgan fingerprint density at radius 3 is 2.82 bits per heavy atom. The van der Waals surface area contributed by atoms with Crippen LogP contribution in [0, 0.1) is 17.8 Å². The molecule has 1 heterocycles. The zero-order valence-electron chi connectivity index (χ0n) is 13.9. The van der Waals surface area contributed by atoms with Gasteiger partial charge in [-0.25, -0.2) is 4.79 Å². The third-order valence-corrected chi connectivity index (χ3v) is 5.32. The fraction of sp³-hybridized carbons (Fsp3) is 0.632. The normalized spacial score (nSPS) is 27.8. The highest BCUT2D eigenvalue weighted by Gasteiger charge is 2.35. The zero-order valence-corrected chi connectivity index (χ0v) is 13.9. The first-order valence-corrected chi connectivity index (χ1v) is 8.62. The molecule has 1 amide bonds. The molecule has 0 bridgehead atoms. The van der Waals surface area contributed by atoms with Gasteiger partial charge in [0.25, 0.3) is 0 Å². The van der Waals surface area contributed by atoms with Gasteiger partial charge in [0.05, 0.1) is 5.69 Å². The van der Waals surface area contributed by atoms with Gasteiger partial charge in [0.2, 0.25) is 0 Å². The Hall–Kier alpha value is -1.51. The van der Waals surface area contributed by atoms with Gasteiger partial charge in [-0.1, -0.05) is 45.4 Å². The second kappa shape index (κ2) is 6.31. The third kappa shape index (κ3) is 2.99. The second-order valence-corrected chi connectivity index (χ2v) is 7.28. The average Bonchev–Trinajstić information content (AvgIpc) is 2.91. The lowest BCUT2D eigenvalue weighted by atomic mass is 9.75. The number of benzene rings is 1. The lowest BCUT2D eigenvalue weighted by Crippen LogP contribution is -2.40. The average molecular weight is 301 g/mol. The molecule has 1 aliphatic carbocycles. The van der Waals surface area contributed by atoms with Crippen molar-refractivity contribution in [3.8, 4) is 0 Å². The number of amides is 1. The lowest BCUT2D eigenvalue weighted by molar-refractivity contribution is 0.00960. The Labute approximate surface area is 133 Å². The van der Waals surface area contributed by atoms with Crippen LogP contribution in [0.3, 0.4) is 0 Å². The smallest absolute Gasteiger partial charge is 0.414 e. The summed E-state index contributed by atoms with van der Waals surface area (Å²) in [5.74, 6) is 1.72. The van der Waals surface area contributed by atoms with Crippen molar-refractivity contribution < 1.29 is 9.53 Å². The van der Waals surface area contributed by atoms with E-state index in [4.69, 9.17) is 4.74 Å². The molecule has 0 saturated heterocycles. The number of anilines is 1. The van der Waals surface area contributed by atoms with E-state index in [0.717, 1.165) is 25.1 Å². The van der Waals surface area contributed by atoms with E-state index in [9.17, 15) is 4.79 Å². The Bertz CT molecular complexity index is 540. The molecule has 22 heavy (non-hydrogen) atoms. The van der Waals surface area contributed by atoms with Crippen LogP contribution in [-0.2, 0) is 11.2 Å². The quantitative estimate of drug-likeness (QED) is 0.796. The molecule has 3 nitrogen and oxygen atoms in total. The minimum Gasteiger partial charge on any atom is -0.446 e. The topological polar surface area (TPSA) is 29.5 Å². The van der Waals surface area contributed by atoms with Crippen molar-refractivity contribution in [3.05, 3.63) is 29.8 Å². The number of fused-ring (bicyclic) bond motifs is 1. The van der Waals surface area contributed by atoms with Gasteiger partial charge in [-0.2, -0.15) is 0 Å². The number of hydrogen-bond acceptors (Lipinski definition) is 2. The minimum absolute atomic E-state index is 0.0732. The maximum absolute atomic E-state index is 12.7. The second-order valence-electron chi connectivity index (χ2n) is 7.28. The van der Waals surface area contributed by atoms with E-state index in [1.807, 2.05) is 23.1 Å². The van der Waals surface area contributed by atoms with Gasteiger partial charge >= 0.3 is 6.09 Å². The summed E-state index contributed by atoms with van der Waals surface area (Å²) in [6, 6.07) is 8.14. The summed E-state index contributed by atoms with van der Waals surface area (Å²) < 4.78 is 5.96. The van der Waals surface area contributed by atoms with Crippen LogP contribution in [0.2, 0.25) is 0 Å². The van der Waals surface area contributed by atoms with Gasteiger partial charge in [0, 0.05) is 6.54 Å². The summed E-state index contributed by atoms with van der Waals surface area (Å²) in [6.07, 6.45) is 4.28. The molecule has 120 valence electrons. The van der Waals surface area contributed by atoms with Gasteiger partial charge in [-0.3, -0.25) is 4.90 Å². The van der Waals surface area contributed by atoms with Crippen LogP contribution in [0.4, 0.5) is 10.5 Å². The summed E-state index contributed by atoms with van der Waals surface area (Å²) in [6.45, 7) is 7.49. The van der Waals surface area contributed by atoms with Gasteiger partial charge < -0.3 is 4.74 Å². The van der Waals surface area contributed by atoms with Crippen LogP contribution >= 0.6 is 0 Å².